The number of methoxy groups -OCH3 is 1. The van der Waals surface area contributed by atoms with Crippen LogP contribution in [-0.4, -0.2) is 125 Å². The summed E-state index contributed by atoms with van der Waals surface area (Å²) in [4.78, 5) is 78.7. The summed E-state index contributed by atoms with van der Waals surface area (Å²) in [7, 11) is 3.29. The van der Waals surface area contributed by atoms with Gasteiger partial charge in [-0.25, -0.2) is 10.4 Å². The highest BCUT2D eigenvalue weighted by Crippen LogP contribution is 2.42. The molecule has 5 heterocycles. The fraction of sp³-hybridized carbons (Fsp3) is 0.553. The van der Waals surface area contributed by atoms with E-state index < -0.39 is 29.3 Å². The second-order valence-electron chi connectivity index (χ2n) is 18.0. The maximum atomic E-state index is 14.3. The van der Waals surface area contributed by atoms with Gasteiger partial charge in [0.2, 0.25) is 17.7 Å². The lowest BCUT2D eigenvalue weighted by Gasteiger charge is -2.35. The number of hydrogen-bond donors (Lipinski definition) is 3. The summed E-state index contributed by atoms with van der Waals surface area (Å²) < 4.78 is 13.4. The smallest absolute Gasteiger partial charge is 0.293 e. The van der Waals surface area contributed by atoms with Crippen LogP contribution in [0.15, 0.2) is 41.9 Å². The number of amides is 4. The summed E-state index contributed by atoms with van der Waals surface area (Å²) in [6.07, 6.45) is 4.52. The molecule has 4 N–H and O–H groups in total. The molecule has 1 aromatic carbocycles. The molecule has 0 saturated carbocycles. The fourth-order valence-electron chi connectivity index (χ4n) is 9.14. The lowest BCUT2D eigenvalue weighted by molar-refractivity contribution is -0.145. The molecule has 17 heteroatoms. The second kappa shape index (κ2) is 21.2. The Morgan fingerprint density at radius 1 is 1.14 bits per heavy atom. The number of nitrogens with two attached hydrogens (primary N) is 1. The van der Waals surface area contributed by atoms with Crippen molar-refractivity contribution >= 4 is 52.3 Å². The largest absolute Gasteiger partial charge is 0.467 e. The highest BCUT2D eigenvalue weighted by molar-refractivity contribution is 7.10. The fourth-order valence-corrected chi connectivity index (χ4v) is 9.99. The topological polar surface area (TPSA) is 194 Å². The molecule has 4 aromatic rings. The van der Waals surface area contributed by atoms with Gasteiger partial charge in [0.1, 0.15) is 12.1 Å². The summed E-state index contributed by atoms with van der Waals surface area (Å²) in [5.74, 6) is -1.86. The Kier molecular flexibility index (Phi) is 16.0. The van der Waals surface area contributed by atoms with E-state index in [1.54, 1.807) is 30.3 Å². The van der Waals surface area contributed by atoms with Gasteiger partial charge in [0.15, 0.2) is 0 Å². The number of ether oxygens (including phenoxy) is 2. The molecule has 4 unspecified atom stereocenters. The summed E-state index contributed by atoms with van der Waals surface area (Å²) in [5, 5.41) is 8.30. The van der Waals surface area contributed by atoms with E-state index >= 15 is 0 Å². The van der Waals surface area contributed by atoms with Gasteiger partial charge in [0, 0.05) is 92.3 Å². The number of likely N-dealkylation sites (tertiary alicyclic amines) is 1. The number of benzene rings is 1. The van der Waals surface area contributed by atoms with Crippen molar-refractivity contribution in [1.82, 2.24) is 40.1 Å². The third-order valence-corrected chi connectivity index (χ3v) is 13.3. The van der Waals surface area contributed by atoms with Crippen molar-refractivity contribution in [3.8, 4) is 22.5 Å². The Hall–Kier alpha value is -5.23. The molecule has 4 atom stereocenters. The highest BCUT2D eigenvalue weighted by atomic mass is 32.1. The second-order valence-corrected chi connectivity index (χ2v) is 19.0. The molecule has 0 spiro atoms. The number of carbonyl (C=O) groups is 5. The summed E-state index contributed by atoms with van der Waals surface area (Å²) >= 11 is 1.42. The minimum absolute atomic E-state index is 0.124. The van der Waals surface area contributed by atoms with Crippen LogP contribution in [-0.2, 0) is 52.8 Å². The van der Waals surface area contributed by atoms with Crippen LogP contribution in [0.5, 0.6) is 0 Å². The number of aryl methyl sites for hydroxylation is 1. The summed E-state index contributed by atoms with van der Waals surface area (Å²) in [6, 6.07) is 8.52. The van der Waals surface area contributed by atoms with Gasteiger partial charge in [-0.05, 0) is 75.3 Å². The number of thiazole rings is 1. The number of aromatic nitrogens is 3. The SMILES string of the molecule is CCn1c(-c2cccnc2C(C)OC)c(CC(C)(C)COC=O)c2cc(-c3csc(CC(NC(=O)C(C(C)C)N(C)C(=O)C4CCN(C(=O)CN)C4)C(=O)N4CCCCN4)n3)ccc21. The molecule has 2 saturated heterocycles. The maximum absolute atomic E-state index is 14.3. The summed E-state index contributed by atoms with van der Waals surface area (Å²) in [5.41, 5.74) is 14.9. The van der Waals surface area contributed by atoms with Gasteiger partial charge in [0.05, 0.1) is 47.3 Å². The molecule has 346 valence electrons. The lowest BCUT2D eigenvalue weighted by Crippen LogP contribution is -2.59. The van der Waals surface area contributed by atoms with Gasteiger partial charge in [-0.15, -0.1) is 11.3 Å². The number of fused-ring (bicyclic) bond motifs is 1. The number of nitrogens with zero attached hydrogens (tertiary/aromatic N) is 6. The van der Waals surface area contributed by atoms with E-state index in [1.807, 2.05) is 32.2 Å². The number of carbonyl (C=O) groups excluding carboxylic acids is 5. The standard InChI is InChI=1S/C47H65N9O7S/c1-9-55-38-15-14-31(21-34(38)35(23-47(5,6)27-63-28-57)43(55)33-13-12-17-49-41(33)30(4)62-8)37-26-64-39(51-37)22-36(46(61)56-19-11-10-18-50-56)52-44(59)42(29(2)3)53(7)45(60)32-16-20-54(25-32)40(58)24-48/h12-15,17,21,26,28-30,32,36,42,50H,9-11,16,18-20,22-25,27,48H2,1-8H3,(H,52,59). The zero-order valence-electron chi connectivity index (χ0n) is 38.5. The van der Waals surface area contributed by atoms with Gasteiger partial charge in [0.25, 0.3) is 12.4 Å². The van der Waals surface area contributed by atoms with Crippen LogP contribution in [0.1, 0.15) is 83.2 Å². The molecule has 6 rings (SSSR count). The predicted molar refractivity (Wildman–Crippen MR) is 247 cm³/mol. The third kappa shape index (κ3) is 10.6. The molecule has 64 heavy (non-hydrogen) atoms. The van der Waals surface area contributed by atoms with Crippen LogP contribution in [0.4, 0.5) is 0 Å². The van der Waals surface area contributed by atoms with Crippen LogP contribution in [0, 0.1) is 17.3 Å². The Labute approximate surface area is 380 Å². The van der Waals surface area contributed by atoms with Crippen molar-refractivity contribution in [1.29, 1.82) is 0 Å². The van der Waals surface area contributed by atoms with Crippen LogP contribution in [0.2, 0.25) is 0 Å². The number of hydrazine groups is 1. The quantitative estimate of drug-likeness (QED) is 0.110. The first-order valence-electron chi connectivity index (χ1n) is 22.4. The molecule has 3 aromatic heterocycles. The van der Waals surface area contributed by atoms with E-state index in [9.17, 15) is 24.0 Å². The van der Waals surface area contributed by atoms with Crippen molar-refractivity contribution in [2.45, 2.75) is 98.4 Å². The van der Waals surface area contributed by atoms with E-state index in [-0.39, 0.29) is 55.9 Å². The van der Waals surface area contributed by atoms with E-state index in [4.69, 9.17) is 25.2 Å². The molecule has 16 nitrogen and oxygen atoms in total. The Balaban J connectivity index is 1.33. The van der Waals surface area contributed by atoms with Crippen LogP contribution < -0.4 is 16.5 Å². The zero-order chi connectivity index (χ0) is 46.3. The molecule has 2 aliphatic heterocycles. The van der Waals surface area contributed by atoms with Crippen molar-refractivity contribution in [3.63, 3.8) is 0 Å². The molecular weight excluding hydrogens is 835 g/mol. The lowest BCUT2D eigenvalue weighted by atomic mass is 9.84. The van der Waals surface area contributed by atoms with Gasteiger partial charge in [-0.3, -0.25) is 34.0 Å². The van der Waals surface area contributed by atoms with E-state index in [1.165, 1.54) is 16.2 Å². The number of nitrogens with one attached hydrogen (secondary N) is 2. The minimum Gasteiger partial charge on any atom is -0.467 e. The minimum atomic E-state index is -0.958. The number of rotatable bonds is 19. The Bertz CT molecular complexity index is 2300. The average Bonchev–Trinajstić information content (AvgIpc) is 4.05. The van der Waals surface area contributed by atoms with Crippen molar-refractivity contribution in [3.05, 3.63) is 58.2 Å². The van der Waals surface area contributed by atoms with E-state index in [2.05, 4.69) is 60.3 Å². The molecule has 2 aliphatic rings. The normalized spacial score (nSPS) is 17.1. The van der Waals surface area contributed by atoms with E-state index in [0.29, 0.717) is 50.5 Å². The molecule has 0 radical (unpaired) electrons. The number of likely N-dealkylation sites (N-methyl/N-ethyl adjacent to an activating group) is 1. The first-order valence-corrected chi connectivity index (χ1v) is 23.2. The summed E-state index contributed by atoms with van der Waals surface area (Å²) in [6.45, 7) is 15.2. The first kappa shape index (κ1) is 48.2. The molecular formula is C47H65N9O7S. The molecule has 4 amide bonds. The van der Waals surface area contributed by atoms with Gasteiger partial charge in [-0.2, -0.15) is 0 Å². The number of pyridine rings is 1. The van der Waals surface area contributed by atoms with Gasteiger partial charge < -0.3 is 34.9 Å². The Morgan fingerprint density at radius 2 is 1.92 bits per heavy atom. The monoisotopic (exact) mass is 899 g/mol. The van der Waals surface area contributed by atoms with Gasteiger partial charge >= 0.3 is 0 Å². The third-order valence-electron chi connectivity index (χ3n) is 12.5. The van der Waals surface area contributed by atoms with Crippen molar-refractivity contribution < 1.29 is 33.4 Å². The van der Waals surface area contributed by atoms with Crippen molar-refractivity contribution in [2.24, 2.45) is 23.0 Å². The maximum Gasteiger partial charge on any atom is 0.293 e. The van der Waals surface area contributed by atoms with E-state index in [0.717, 1.165) is 57.5 Å². The van der Waals surface area contributed by atoms with Crippen LogP contribution in [0.3, 0.4) is 0 Å². The molecule has 0 bridgehead atoms. The molecule has 0 aliphatic carbocycles. The predicted octanol–water partition coefficient (Wildman–Crippen LogP) is 4.74. The average molecular weight is 900 g/mol. The molecule has 2 fully saturated rings. The Morgan fingerprint density at radius 3 is 2.59 bits per heavy atom. The zero-order valence-corrected chi connectivity index (χ0v) is 39.3. The van der Waals surface area contributed by atoms with Gasteiger partial charge in [-0.1, -0.05) is 33.8 Å². The van der Waals surface area contributed by atoms with Crippen LogP contribution >= 0.6 is 11.3 Å². The number of hydrogen-bond acceptors (Lipinski definition) is 12. The van der Waals surface area contributed by atoms with Crippen molar-refractivity contribution in [2.75, 3.05) is 53.5 Å². The highest BCUT2D eigenvalue weighted by Gasteiger charge is 2.39. The first-order chi connectivity index (χ1) is 30.6. The van der Waals surface area contributed by atoms with Crippen LogP contribution in [0.25, 0.3) is 33.4 Å².